The van der Waals surface area contributed by atoms with Crippen LogP contribution in [0.15, 0.2) is 24.3 Å². The largest absolute Gasteiger partial charge is 0.356 e. The molecule has 2 N–H and O–H groups in total. The first-order chi connectivity index (χ1) is 9.74. The number of aromatic nitrogens is 1. The van der Waals surface area contributed by atoms with Crippen LogP contribution in [-0.4, -0.2) is 36.6 Å². The van der Waals surface area contributed by atoms with Gasteiger partial charge in [-0.15, -0.1) is 0 Å². The second-order valence-corrected chi connectivity index (χ2v) is 6.22. The number of hydrogen-bond donors (Lipinski definition) is 2. The number of nitrogens with one attached hydrogen (secondary N) is 2. The lowest BCUT2D eigenvalue weighted by atomic mass is 9.97. The van der Waals surface area contributed by atoms with Crippen molar-refractivity contribution in [3.63, 3.8) is 0 Å². The van der Waals surface area contributed by atoms with Crippen molar-refractivity contribution in [3.05, 3.63) is 35.0 Å². The van der Waals surface area contributed by atoms with Crippen molar-refractivity contribution >= 4 is 22.5 Å². The molecule has 20 heavy (non-hydrogen) atoms. The molecule has 0 bridgehead atoms. The van der Waals surface area contributed by atoms with Gasteiger partial charge in [-0.05, 0) is 51.5 Å². The molecule has 1 aromatic heterocycles. The summed E-state index contributed by atoms with van der Waals surface area (Å²) in [4.78, 5) is 5.81. The monoisotopic (exact) mass is 291 g/mol. The Balaban J connectivity index is 1.56. The van der Waals surface area contributed by atoms with Gasteiger partial charge in [-0.3, -0.25) is 0 Å². The minimum Gasteiger partial charge on any atom is -0.356 e. The molecular weight excluding hydrogens is 270 g/mol. The Labute approximate surface area is 125 Å². The molecule has 3 rings (SSSR count). The minimum atomic E-state index is 0.800. The second-order valence-electron chi connectivity index (χ2n) is 5.84. The number of likely N-dealkylation sites (tertiary alicyclic amines) is 1. The average Bonchev–Trinajstić information content (AvgIpc) is 2.78. The van der Waals surface area contributed by atoms with Crippen molar-refractivity contribution < 1.29 is 0 Å². The van der Waals surface area contributed by atoms with Gasteiger partial charge in [0.25, 0.3) is 0 Å². The molecule has 1 aliphatic rings. The maximum atomic E-state index is 6.42. The van der Waals surface area contributed by atoms with E-state index in [1.807, 2.05) is 12.1 Å². The van der Waals surface area contributed by atoms with Crippen LogP contribution in [0.2, 0.25) is 5.02 Å². The molecule has 0 radical (unpaired) electrons. The van der Waals surface area contributed by atoms with Crippen LogP contribution in [0.3, 0.4) is 0 Å². The van der Waals surface area contributed by atoms with Gasteiger partial charge in [0.15, 0.2) is 0 Å². The van der Waals surface area contributed by atoms with Crippen molar-refractivity contribution in [2.45, 2.75) is 19.4 Å². The van der Waals surface area contributed by atoms with E-state index < -0.39 is 0 Å². The third-order valence-electron chi connectivity index (χ3n) is 4.29. The fourth-order valence-electron chi connectivity index (χ4n) is 2.95. The van der Waals surface area contributed by atoms with E-state index in [-0.39, 0.29) is 0 Å². The summed E-state index contributed by atoms with van der Waals surface area (Å²) in [6.45, 7) is 4.35. The van der Waals surface area contributed by atoms with E-state index in [1.165, 1.54) is 25.9 Å². The van der Waals surface area contributed by atoms with Crippen molar-refractivity contribution in [3.8, 4) is 0 Å². The Hall–Kier alpha value is -1.03. The van der Waals surface area contributed by atoms with Gasteiger partial charge in [-0.2, -0.15) is 0 Å². The topological polar surface area (TPSA) is 31.1 Å². The van der Waals surface area contributed by atoms with E-state index >= 15 is 0 Å². The fraction of sp³-hybridized carbons (Fsp3) is 0.500. The quantitative estimate of drug-likeness (QED) is 0.906. The van der Waals surface area contributed by atoms with Crippen LogP contribution in [0.25, 0.3) is 10.9 Å². The average molecular weight is 292 g/mol. The third kappa shape index (κ3) is 3.00. The number of benzene rings is 1. The summed E-state index contributed by atoms with van der Waals surface area (Å²) in [7, 11) is 2.20. The molecule has 1 aliphatic heterocycles. The first kappa shape index (κ1) is 13.9. The predicted octanol–water partition coefficient (Wildman–Crippen LogP) is 3.25. The van der Waals surface area contributed by atoms with Crippen molar-refractivity contribution in [2.75, 3.05) is 26.7 Å². The highest BCUT2D eigenvalue weighted by Gasteiger charge is 2.16. The number of nitrogens with zero attached hydrogens (tertiary/aromatic N) is 1. The lowest BCUT2D eigenvalue weighted by Gasteiger charge is -2.29. The Morgan fingerprint density at radius 3 is 2.80 bits per heavy atom. The third-order valence-corrected chi connectivity index (χ3v) is 4.72. The molecular formula is C16H22ClN3. The summed E-state index contributed by atoms with van der Waals surface area (Å²) in [6.07, 6.45) is 2.59. The van der Waals surface area contributed by atoms with Crippen molar-refractivity contribution in [1.82, 2.24) is 15.2 Å². The second kappa shape index (κ2) is 6.17. The van der Waals surface area contributed by atoms with Crippen LogP contribution in [-0.2, 0) is 6.54 Å². The smallest absolute Gasteiger partial charge is 0.0705 e. The van der Waals surface area contributed by atoms with Crippen molar-refractivity contribution in [1.29, 1.82) is 0 Å². The van der Waals surface area contributed by atoms with Crippen LogP contribution >= 0.6 is 11.6 Å². The number of rotatable bonds is 4. The molecule has 2 aromatic rings. The van der Waals surface area contributed by atoms with Gasteiger partial charge in [0.05, 0.1) is 5.02 Å². The van der Waals surface area contributed by atoms with E-state index in [4.69, 9.17) is 11.6 Å². The number of piperidine rings is 1. The van der Waals surface area contributed by atoms with Gasteiger partial charge in [0, 0.05) is 23.1 Å². The normalized spacial score (nSPS) is 17.9. The fourth-order valence-corrected chi connectivity index (χ4v) is 3.23. The number of fused-ring (bicyclic) bond motifs is 1. The lowest BCUT2D eigenvalue weighted by Crippen LogP contribution is -2.34. The summed E-state index contributed by atoms with van der Waals surface area (Å²) < 4.78 is 0. The first-order valence-electron chi connectivity index (χ1n) is 7.38. The lowest BCUT2D eigenvalue weighted by molar-refractivity contribution is 0.216. The zero-order valence-electron chi connectivity index (χ0n) is 12.0. The molecule has 0 atom stereocenters. The highest BCUT2D eigenvalue weighted by Crippen LogP contribution is 2.27. The van der Waals surface area contributed by atoms with Crippen LogP contribution < -0.4 is 5.32 Å². The van der Waals surface area contributed by atoms with Crippen LogP contribution in [0.1, 0.15) is 18.5 Å². The summed E-state index contributed by atoms with van der Waals surface area (Å²) >= 11 is 6.42. The minimum absolute atomic E-state index is 0.800. The zero-order valence-corrected chi connectivity index (χ0v) is 12.7. The Bertz CT molecular complexity index is 570. The van der Waals surface area contributed by atoms with E-state index in [0.29, 0.717) is 0 Å². The maximum Gasteiger partial charge on any atom is 0.0705 e. The Kier molecular flexibility index (Phi) is 4.29. The number of para-hydroxylation sites is 1. The molecule has 0 amide bonds. The molecule has 1 aromatic carbocycles. The van der Waals surface area contributed by atoms with Gasteiger partial charge in [-0.25, -0.2) is 0 Å². The molecule has 0 spiro atoms. The highest BCUT2D eigenvalue weighted by atomic mass is 35.5. The molecule has 1 fully saturated rings. The number of aromatic amines is 1. The van der Waals surface area contributed by atoms with Gasteiger partial charge < -0.3 is 15.2 Å². The summed E-state index contributed by atoms with van der Waals surface area (Å²) in [5, 5.41) is 5.53. The van der Waals surface area contributed by atoms with Crippen LogP contribution in [0.5, 0.6) is 0 Å². The van der Waals surface area contributed by atoms with Crippen LogP contribution in [0, 0.1) is 5.92 Å². The number of hydrogen-bond acceptors (Lipinski definition) is 2. The standard InChI is InChI=1S/C16H22ClN3/c1-20-8-6-12(7-9-20)10-18-11-15-16(17)13-4-2-3-5-14(13)19-15/h2-5,12,18-19H,6-11H2,1H3. The summed E-state index contributed by atoms with van der Waals surface area (Å²) in [5.41, 5.74) is 2.22. The van der Waals surface area contributed by atoms with Crippen LogP contribution in [0.4, 0.5) is 0 Å². The molecule has 1 saturated heterocycles. The summed E-state index contributed by atoms with van der Waals surface area (Å²) in [5.74, 6) is 0.800. The van der Waals surface area contributed by atoms with Gasteiger partial charge in [0.2, 0.25) is 0 Å². The van der Waals surface area contributed by atoms with Gasteiger partial charge in [0.1, 0.15) is 0 Å². The van der Waals surface area contributed by atoms with E-state index in [0.717, 1.165) is 40.6 Å². The Morgan fingerprint density at radius 2 is 2.05 bits per heavy atom. The SMILES string of the molecule is CN1CCC(CNCc2[nH]c3ccccc3c2Cl)CC1. The number of H-pyrrole nitrogens is 1. The molecule has 108 valence electrons. The first-order valence-corrected chi connectivity index (χ1v) is 7.76. The van der Waals surface area contributed by atoms with Crippen molar-refractivity contribution in [2.24, 2.45) is 5.92 Å². The molecule has 3 nitrogen and oxygen atoms in total. The molecule has 2 heterocycles. The molecule has 0 unspecified atom stereocenters. The molecule has 0 saturated carbocycles. The highest BCUT2D eigenvalue weighted by molar-refractivity contribution is 6.36. The zero-order chi connectivity index (χ0) is 13.9. The van der Waals surface area contributed by atoms with Gasteiger partial charge in [-0.1, -0.05) is 29.8 Å². The van der Waals surface area contributed by atoms with Gasteiger partial charge >= 0.3 is 0 Å². The predicted molar refractivity (Wildman–Crippen MR) is 85.2 cm³/mol. The maximum absolute atomic E-state index is 6.42. The van der Waals surface area contributed by atoms with E-state index in [1.54, 1.807) is 0 Å². The number of halogens is 1. The summed E-state index contributed by atoms with van der Waals surface area (Å²) in [6, 6.07) is 8.19. The van der Waals surface area contributed by atoms with E-state index in [9.17, 15) is 0 Å². The molecule has 4 heteroatoms. The van der Waals surface area contributed by atoms with E-state index in [2.05, 4.69) is 34.4 Å². The molecule has 0 aliphatic carbocycles. The Morgan fingerprint density at radius 1 is 1.30 bits per heavy atom.